The van der Waals surface area contributed by atoms with E-state index in [2.05, 4.69) is 0 Å². The molecule has 0 bridgehead atoms. The van der Waals surface area contributed by atoms with Crippen molar-refractivity contribution in [2.45, 2.75) is 11.3 Å². The molecule has 1 aliphatic rings. The van der Waals surface area contributed by atoms with Crippen LogP contribution in [0.5, 0.6) is 11.5 Å². The summed E-state index contributed by atoms with van der Waals surface area (Å²) in [5.74, 6) is -1.04. The molecule has 0 aromatic heterocycles. The van der Waals surface area contributed by atoms with Crippen LogP contribution in [0.2, 0.25) is 0 Å². The van der Waals surface area contributed by atoms with E-state index >= 15 is 0 Å². The van der Waals surface area contributed by atoms with Crippen LogP contribution in [-0.4, -0.2) is 63.9 Å². The summed E-state index contributed by atoms with van der Waals surface area (Å²) in [6.07, 6.45) is 0.0898. The number of hydrogen-bond acceptors (Lipinski definition) is 5. The van der Waals surface area contributed by atoms with Gasteiger partial charge in [-0.15, -0.1) is 0 Å². The zero-order valence-corrected chi connectivity index (χ0v) is 17.4. The highest BCUT2D eigenvalue weighted by Gasteiger charge is 2.32. The van der Waals surface area contributed by atoms with Gasteiger partial charge in [0.25, 0.3) is 0 Å². The Kier molecular flexibility index (Phi) is 6.57. The maximum atomic E-state index is 13.9. The summed E-state index contributed by atoms with van der Waals surface area (Å²) in [7, 11) is -1.08. The number of hydrogen-bond donors (Lipinski definition) is 0. The van der Waals surface area contributed by atoms with Gasteiger partial charge < -0.3 is 14.4 Å². The molecule has 0 aliphatic carbocycles. The average molecular weight is 440 g/mol. The van der Waals surface area contributed by atoms with E-state index in [1.54, 1.807) is 23.1 Å². The summed E-state index contributed by atoms with van der Waals surface area (Å²) in [4.78, 5) is 13.7. The molecule has 1 aliphatic heterocycles. The average Bonchev–Trinajstić information content (AvgIpc) is 2.73. The molecular formula is C20H22F2N2O5S. The van der Waals surface area contributed by atoms with Crippen LogP contribution in [0.3, 0.4) is 0 Å². The lowest BCUT2D eigenvalue weighted by molar-refractivity contribution is -0.131. The molecule has 10 heteroatoms. The first-order valence-electron chi connectivity index (χ1n) is 9.20. The normalized spacial score (nSPS) is 15.1. The first kappa shape index (κ1) is 22.0. The summed E-state index contributed by atoms with van der Waals surface area (Å²) in [5.41, 5.74) is 0.687. The van der Waals surface area contributed by atoms with Gasteiger partial charge in [-0.1, -0.05) is 6.07 Å². The van der Waals surface area contributed by atoms with Crippen LogP contribution in [-0.2, 0) is 21.2 Å². The molecule has 1 amide bonds. The summed E-state index contributed by atoms with van der Waals surface area (Å²) in [5, 5.41) is 0. The molecule has 162 valence electrons. The van der Waals surface area contributed by atoms with Crippen LogP contribution in [0.4, 0.5) is 8.78 Å². The first-order valence-corrected chi connectivity index (χ1v) is 10.6. The Balaban J connectivity index is 1.66. The van der Waals surface area contributed by atoms with Crippen LogP contribution in [0.25, 0.3) is 0 Å². The summed E-state index contributed by atoms with van der Waals surface area (Å²) >= 11 is 0. The van der Waals surface area contributed by atoms with Crippen LogP contribution in [0, 0.1) is 11.6 Å². The number of nitrogens with zero attached hydrogens (tertiary/aromatic N) is 2. The number of methoxy groups -OCH3 is 2. The van der Waals surface area contributed by atoms with E-state index in [0.29, 0.717) is 23.1 Å². The maximum Gasteiger partial charge on any atom is 0.246 e. The molecular weight excluding hydrogens is 418 g/mol. The molecule has 0 saturated carbocycles. The number of benzene rings is 2. The van der Waals surface area contributed by atoms with Gasteiger partial charge in [0.05, 0.1) is 20.6 Å². The van der Waals surface area contributed by atoms with Gasteiger partial charge in [0.2, 0.25) is 15.9 Å². The van der Waals surface area contributed by atoms with Gasteiger partial charge in [-0.25, -0.2) is 17.2 Å². The molecule has 0 atom stereocenters. The van der Waals surface area contributed by atoms with Gasteiger partial charge in [-0.05, 0) is 18.2 Å². The first-order chi connectivity index (χ1) is 14.3. The summed E-state index contributed by atoms with van der Waals surface area (Å²) < 4.78 is 63.9. The number of rotatable bonds is 6. The van der Waals surface area contributed by atoms with Gasteiger partial charge in [-0.3, -0.25) is 4.79 Å². The van der Waals surface area contributed by atoms with Gasteiger partial charge in [0.1, 0.15) is 28.0 Å². The van der Waals surface area contributed by atoms with Crippen LogP contribution < -0.4 is 9.47 Å². The van der Waals surface area contributed by atoms with Gasteiger partial charge in [0.15, 0.2) is 0 Å². The number of carbonyl (C=O) groups is 1. The molecule has 3 rings (SSSR count). The largest absolute Gasteiger partial charge is 0.497 e. The van der Waals surface area contributed by atoms with Crippen molar-refractivity contribution in [1.29, 1.82) is 0 Å². The lowest BCUT2D eigenvalue weighted by Crippen LogP contribution is -2.51. The van der Waals surface area contributed by atoms with E-state index in [1.807, 2.05) is 0 Å². The second kappa shape index (κ2) is 8.97. The molecule has 7 nitrogen and oxygen atoms in total. The van der Waals surface area contributed by atoms with Crippen molar-refractivity contribution in [2.24, 2.45) is 0 Å². The molecule has 0 spiro atoms. The summed E-state index contributed by atoms with van der Waals surface area (Å²) in [6, 6.07) is 7.51. The second-order valence-corrected chi connectivity index (χ2v) is 8.62. The molecule has 1 fully saturated rings. The standard InChI is InChI=1S/C20H22F2N2O5S/c1-28-16-5-3-14(18(13-16)29-2)11-20(25)23-7-9-24(10-8-23)30(26,27)19-6-4-15(21)12-17(19)22/h3-6,12-13H,7-11H2,1-2H3. The number of sulfonamides is 1. The highest BCUT2D eigenvalue weighted by atomic mass is 32.2. The fraction of sp³-hybridized carbons (Fsp3) is 0.350. The van der Waals surface area contributed by atoms with Crippen molar-refractivity contribution in [1.82, 2.24) is 9.21 Å². The van der Waals surface area contributed by atoms with Crippen molar-refractivity contribution in [3.63, 3.8) is 0 Å². The molecule has 30 heavy (non-hydrogen) atoms. The second-order valence-electron chi connectivity index (χ2n) is 6.71. The van der Waals surface area contributed by atoms with Gasteiger partial charge in [-0.2, -0.15) is 4.31 Å². The Morgan fingerprint density at radius 2 is 1.70 bits per heavy atom. The van der Waals surface area contributed by atoms with Crippen molar-refractivity contribution in [2.75, 3.05) is 40.4 Å². The Morgan fingerprint density at radius 3 is 2.30 bits per heavy atom. The summed E-state index contributed by atoms with van der Waals surface area (Å²) in [6.45, 7) is 0.369. The molecule has 0 unspecified atom stereocenters. The smallest absolute Gasteiger partial charge is 0.246 e. The third kappa shape index (κ3) is 4.54. The monoisotopic (exact) mass is 440 g/mol. The van der Waals surface area contributed by atoms with E-state index in [0.717, 1.165) is 16.4 Å². The van der Waals surface area contributed by atoms with E-state index in [1.165, 1.54) is 14.2 Å². The minimum Gasteiger partial charge on any atom is -0.497 e. The van der Waals surface area contributed by atoms with Crippen molar-refractivity contribution in [3.05, 3.63) is 53.6 Å². The number of ether oxygens (including phenoxy) is 2. The predicted octanol–water partition coefficient (Wildman–Crippen LogP) is 2.06. The zero-order valence-electron chi connectivity index (χ0n) is 16.6. The number of carbonyl (C=O) groups excluding carboxylic acids is 1. The number of amides is 1. The Labute approximate surface area is 173 Å². The Hall–Kier alpha value is -2.72. The highest BCUT2D eigenvalue weighted by molar-refractivity contribution is 7.89. The lowest BCUT2D eigenvalue weighted by atomic mass is 10.1. The Bertz CT molecular complexity index is 1040. The van der Waals surface area contributed by atoms with Crippen LogP contribution >= 0.6 is 0 Å². The van der Waals surface area contributed by atoms with Gasteiger partial charge >= 0.3 is 0 Å². The van der Waals surface area contributed by atoms with E-state index in [9.17, 15) is 22.0 Å². The number of piperazine rings is 1. The predicted molar refractivity (Wildman–Crippen MR) is 105 cm³/mol. The molecule has 0 radical (unpaired) electrons. The van der Waals surface area contributed by atoms with E-state index < -0.39 is 26.6 Å². The quantitative estimate of drug-likeness (QED) is 0.687. The van der Waals surface area contributed by atoms with Crippen LogP contribution in [0.1, 0.15) is 5.56 Å². The fourth-order valence-electron chi connectivity index (χ4n) is 3.27. The highest BCUT2D eigenvalue weighted by Crippen LogP contribution is 2.26. The maximum absolute atomic E-state index is 13.9. The SMILES string of the molecule is COc1ccc(CC(=O)N2CCN(S(=O)(=O)c3ccc(F)cc3F)CC2)c(OC)c1. The lowest BCUT2D eigenvalue weighted by Gasteiger charge is -2.34. The molecule has 0 N–H and O–H groups in total. The molecule has 1 saturated heterocycles. The van der Waals surface area contributed by atoms with Crippen molar-refractivity contribution >= 4 is 15.9 Å². The third-order valence-corrected chi connectivity index (χ3v) is 6.87. The topological polar surface area (TPSA) is 76.2 Å². The van der Waals surface area contributed by atoms with Crippen molar-refractivity contribution in [3.8, 4) is 11.5 Å². The molecule has 2 aromatic rings. The Morgan fingerprint density at radius 1 is 1.00 bits per heavy atom. The third-order valence-electron chi connectivity index (χ3n) is 4.94. The van der Waals surface area contributed by atoms with Crippen LogP contribution in [0.15, 0.2) is 41.3 Å². The van der Waals surface area contributed by atoms with Gasteiger partial charge in [0, 0.05) is 43.9 Å². The van der Waals surface area contributed by atoms with Crippen molar-refractivity contribution < 1.29 is 31.5 Å². The number of halogens is 2. The molecule has 1 heterocycles. The van der Waals surface area contributed by atoms with E-state index in [-0.39, 0.29) is 38.5 Å². The zero-order chi connectivity index (χ0) is 21.9. The fourth-order valence-corrected chi connectivity index (χ4v) is 4.74. The van der Waals surface area contributed by atoms with E-state index in [4.69, 9.17) is 9.47 Å². The minimum absolute atomic E-state index is 0.0185. The minimum atomic E-state index is -4.12. The molecule has 2 aromatic carbocycles.